The van der Waals surface area contributed by atoms with Crippen LogP contribution in [0, 0.1) is 0 Å². The Morgan fingerprint density at radius 2 is 1.94 bits per heavy atom. The molecule has 0 atom stereocenters. The zero-order chi connectivity index (χ0) is 13.9. The summed E-state index contributed by atoms with van der Waals surface area (Å²) < 4.78 is 5.36. The minimum absolute atomic E-state index is 0.0540. The van der Waals surface area contributed by atoms with E-state index in [1.54, 1.807) is 24.3 Å². The summed E-state index contributed by atoms with van der Waals surface area (Å²) in [7, 11) is 0. The van der Waals surface area contributed by atoms with Gasteiger partial charge in [0.15, 0.2) is 0 Å². The summed E-state index contributed by atoms with van der Waals surface area (Å²) in [6.45, 7) is 9.27. The highest BCUT2D eigenvalue weighted by molar-refractivity contribution is 5.88. The Morgan fingerprint density at radius 1 is 1.33 bits per heavy atom. The molecule has 1 rings (SSSR count). The van der Waals surface area contributed by atoms with Crippen LogP contribution in [0.15, 0.2) is 24.3 Å². The van der Waals surface area contributed by atoms with Crippen LogP contribution >= 0.6 is 0 Å². The van der Waals surface area contributed by atoms with Gasteiger partial charge in [-0.25, -0.2) is 4.79 Å². The maximum absolute atomic E-state index is 12.1. The van der Waals surface area contributed by atoms with Gasteiger partial charge in [-0.3, -0.25) is 4.90 Å². The normalized spacial score (nSPS) is 11.4. The van der Waals surface area contributed by atoms with Gasteiger partial charge < -0.3 is 9.84 Å². The number of hydrogen-bond acceptors (Lipinski definition) is 3. The van der Waals surface area contributed by atoms with Crippen molar-refractivity contribution in [2.45, 2.75) is 46.3 Å². The second kappa shape index (κ2) is 5.29. The molecule has 0 heterocycles. The number of amides is 1. The number of carbonyl (C=O) groups excluding carboxylic acids is 1. The van der Waals surface area contributed by atoms with Crippen molar-refractivity contribution in [3.8, 4) is 5.75 Å². The van der Waals surface area contributed by atoms with E-state index in [2.05, 4.69) is 0 Å². The molecule has 0 bridgehead atoms. The summed E-state index contributed by atoms with van der Waals surface area (Å²) in [4.78, 5) is 13.7. The first kappa shape index (κ1) is 14.4. The van der Waals surface area contributed by atoms with E-state index in [4.69, 9.17) is 4.74 Å². The van der Waals surface area contributed by atoms with Crippen molar-refractivity contribution < 1.29 is 14.6 Å². The Balaban J connectivity index is 3.00. The van der Waals surface area contributed by atoms with Crippen molar-refractivity contribution >= 4 is 11.8 Å². The highest BCUT2D eigenvalue weighted by Crippen LogP contribution is 2.24. The molecule has 0 saturated carbocycles. The predicted molar refractivity (Wildman–Crippen MR) is 72.0 cm³/mol. The maximum Gasteiger partial charge on any atom is 0.415 e. The van der Waals surface area contributed by atoms with Crippen LogP contribution in [-0.2, 0) is 4.74 Å². The molecule has 18 heavy (non-hydrogen) atoms. The van der Waals surface area contributed by atoms with E-state index in [1.165, 1.54) is 4.90 Å². The van der Waals surface area contributed by atoms with Crippen LogP contribution in [0.3, 0.4) is 0 Å². The molecule has 100 valence electrons. The molecule has 0 aromatic heterocycles. The average molecular weight is 251 g/mol. The van der Waals surface area contributed by atoms with Gasteiger partial charge in [0.25, 0.3) is 0 Å². The van der Waals surface area contributed by atoms with E-state index in [1.807, 2.05) is 34.6 Å². The topological polar surface area (TPSA) is 49.8 Å². The Bertz CT molecular complexity index is 421. The van der Waals surface area contributed by atoms with Crippen LogP contribution in [0.1, 0.15) is 34.6 Å². The van der Waals surface area contributed by atoms with E-state index in [0.29, 0.717) is 5.69 Å². The second-order valence-electron chi connectivity index (χ2n) is 5.46. The quantitative estimate of drug-likeness (QED) is 0.874. The zero-order valence-electron chi connectivity index (χ0n) is 11.6. The number of aromatic hydroxyl groups is 1. The Labute approximate surface area is 108 Å². The second-order valence-corrected chi connectivity index (χ2v) is 5.46. The number of carbonyl (C=O) groups is 1. The maximum atomic E-state index is 12.1. The largest absolute Gasteiger partial charge is 0.508 e. The van der Waals surface area contributed by atoms with Crippen molar-refractivity contribution in [2.75, 3.05) is 4.90 Å². The molecule has 0 aliphatic carbocycles. The number of phenols is 1. The first-order valence-corrected chi connectivity index (χ1v) is 6.02. The fraction of sp³-hybridized carbons (Fsp3) is 0.500. The standard InChI is InChI=1S/C14H21NO3/c1-10(2)15(13(17)18-14(3,4)5)11-7-6-8-12(16)9-11/h6-10,16H,1-5H3. The summed E-state index contributed by atoms with van der Waals surface area (Å²) in [6.07, 6.45) is -0.414. The van der Waals surface area contributed by atoms with Crippen molar-refractivity contribution in [3.05, 3.63) is 24.3 Å². The first-order chi connectivity index (χ1) is 8.20. The molecule has 0 aliphatic rings. The number of hydrogen-bond donors (Lipinski definition) is 1. The number of anilines is 1. The molecule has 0 saturated heterocycles. The summed E-state index contributed by atoms with van der Waals surface area (Å²) >= 11 is 0. The van der Waals surface area contributed by atoms with Gasteiger partial charge in [0.05, 0.1) is 5.69 Å². The zero-order valence-corrected chi connectivity index (χ0v) is 11.6. The molecule has 0 aliphatic heterocycles. The molecule has 0 radical (unpaired) electrons. The minimum Gasteiger partial charge on any atom is -0.508 e. The summed E-state index contributed by atoms with van der Waals surface area (Å²) in [6, 6.07) is 6.52. The third-order valence-electron chi connectivity index (χ3n) is 2.21. The molecule has 0 unspecified atom stereocenters. The van der Waals surface area contributed by atoms with E-state index in [9.17, 15) is 9.90 Å². The molecular formula is C14H21NO3. The van der Waals surface area contributed by atoms with Crippen LogP contribution < -0.4 is 4.90 Å². The van der Waals surface area contributed by atoms with Crippen LogP contribution in [-0.4, -0.2) is 22.8 Å². The fourth-order valence-corrected chi connectivity index (χ4v) is 1.57. The van der Waals surface area contributed by atoms with E-state index in [-0.39, 0.29) is 11.8 Å². The van der Waals surface area contributed by atoms with Gasteiger partial charge in [-0.15, -0.1) is 0 Å². The Morgan fingerprint density at radius 3 is 2.39 bits per heavy atom. The van der Waals surface area contributed by atoms with Crippen LogP contribution in [0.5, 0.6) is 5.75 Å². The van der Waals surface area contributed by atoms with Crippen molar-refractivity contribution in [1.82, 2.24) is 0 Å². The lowest BCUT2D eigenvalue weighted by atomic mass is 10.2. The molecular weight excluding hydrogens is 230 g/mol. The van der Waals surface area contributed by atoms with Crippen LogP contribution in [0.2, 0.25) is 0 Å². The van der Waals surface area contributed by atoms with Gasteiger partial charge in [0.1, 0.15) is 11.4 Å². The lowest BCUT2D eigenvalue weighted by molar-refractivity contribution is 0.0570. The number of ether oxygens (including phenoxy) is 1. The highest BCUT2D eigenvalue weighted by Gasteiger charge is 2.25. The van der Waals surface area contributed by atoms with E-state index in [0.717, 1.165) is 0 Å². The summed E-state index contributed by atoms with van der Waals surface area (Å²) in [5.41, 5.74) is 0.0837. The molecule has 4 nitrogen and oxygen atoms in total. The van der Waals surface area contributed by atoms with Gasteiger partial charge in [0.2, 0.25) is 0 Å². The SMILES string of the molecule is CC(C)N(C(=O)OC(C)(C)C)c1cccc(O)c1. The molecule has 1 aromatic rings. The van der Waals surface area contributed by atoms with Gasteiger partial charge in [-0.05, 0) is 46.8 Å². The minimum atomic E-state index is -0.541. The molecule has 1 aromatic carbocycles. The van der Waals surface area contributed by atoms with Crippen molar-refractivity contribution in [2.24, 2.45) is 0 Å². The van der Waals surface area contributed by atoms with Gasteiger partial charge in [-0.2, -0.15) is 0 Å². The third-order valence-corrected chi connectivity index (χ3v) is 2.21. The Kier molecular flexibility index (Phi) is 4.22. The molecule has 1 N–H and O–H groups in total. The van der Waals surface area contributed by atoms with Crippen LogP contribution in [0.25, 0.3) is 0 Å². The highest BCUT2D eigenvalue weighted by atomic mass is 16.6. The number of nitrogens with zero attached hydrogens (tertiary/aromatic N) is 1. The number of benzene rings is 1. The number of rotatable bonds is 2. The smallest absolute Gasteiger partial charge is 0.415 e. The fourth-order valence-electron chi connectivity index (χ4n) is 1.57. The van der Waals surface area contributed by atoms with E-state index < -0.39 is 11.7 Å². The predicted octanol–water partition coefficient (Wildman–Crippen LogP) is 3.54. The van der Waals surface area contributed by atoms with Crippen molar-refractivity contribution in [1.29, 1.82) is 0 Å². The van der Waals surface area contributed by atoms with Crippen LogP contribution in [0.4, 0.5) is 10.5 Å². The molecule has 0 fully saturated rings. The summed E-state index contributed by atoms with van der Waals surface area (Å²) in [5, 5.41) is 9.48. The van der Waals surface area contributed by atoms with Crippen molar-refractivity contribution in [3.63, 3.8) is 0 Å². The lowest BCUT2D eigenvalue weighted by Crippen LogP contribution is -2.41. The van der Waals surface area contributed by atoms with Gasteiger partial charge in [0, 0.05) is 12.1 Å². The molecule has 1 amide bonds. The average Bonchev–Trinajstić information content (AvgIpc) is 2.13. The van der Waals surface area contributed by atoms with Gasteiger partial charge in [-0.1, -0.05) is 6.07 Å². The lowest BCUT2D eigenvalue weighted by Gasteiger charge is -2.30. The molecule has 0 spiro atoms. The summed E-state index contributed by atoms with van der Waals surface area (Å²) in [5.74, 6) is 0.127. The monoisotopic (exact) mass is 251 g/mol. The number of phenolic OH excluding ortho intramolecular Hbond substituents is 1. The Hall–Kier alpha value is -1.71. The third kappa shape index (κ3) is 3.95. The first-order valence-electron chi connectivity index (χ1n) is 6.02. The van der Waals surface area contributed by atoms with Gasteiger partial charge >= 0.3 is 6.09 Å². The molecule has 4 heteroatoms. The van der Waals surface area contributed by atoms with E-state index >= 15 is 0 Å².